The van der Waals surface area contributed by atoms with Crippen LogP contribution in [0.3, 0.4) is 0 Å². The third-order valence-corrected chi connectivity index (χ3v) is 5.44. The van der Waals surface area contributed by atoms with Crippen LogP contribution in [0.4, 0.5) is 0 Å². The second kappa shape index (κ2) is 14.7. The zero-order valence-corrected chi connectivity index (χ0v) is 21.8. The minimum Gasteiger partial charge on any atom is -0.371 e. The van der Waals surface area contributed by atoms with Gasteiger partial charge in [0, 0.05) is 13.7 Å². The Morgan fingerprint density at radius 2 is 1.65 bits per heavy atom. The molecule has 0 saturated heterocycles. The number of hydrogen-bond acceptors (Lipinski definition) is 5. The topological polar surface area (TPSA) is 106 Å². The number of methoxy groups -OCH3 is 1. The highest BCUT2D eigenvalue weighted by Gasteiger charge is 2.39. The van der Waals surface area contributed by atoms with Gasteiger partial charge in [0.25, 0.3) is 5.91 Å². The quantitative estimate of drug-likeness (QED) is 0.281. The number of hydroxylamine groups is 1. The standard InChI is InChI=1S/C26H43N3O5/c1-8-9-15-27-25(32)22(26(4,5)6)28-23(30)20(16-18(2)3)21(33-7)24(31)29-34-17-19-13-11-10-12-14-19/h10-14,18,20-22H,8-9,15-17H2,1-7H3,(H,27,32)(H,28,30)(H,29,31)/t20-,21+,22?/m1/s1. The lowest BCUT2D eigenvalue weighted by Gasteiger charge is -2.33. The van der Waals surface area contributed by atoms with E-state index in [4.69, 9.17) is 9.57 Å². The lowest BCUT2D eigenvalue weighted by Crippen LogP contribution is -2.57. The fourth-order valence-electron chi connectivity index (χ4n) is 3.57. The normalized spacial score (nSPS) is 14.2. The van der Waals surface area contributed by atoms with Crippen LogP contribution in [-0.4, -0.2) is 43.5 Å². The largest absolute Gasteiger partial charge is 0.371 e. The Balaban J connectivity index is 2.93. The van der Waals surface area contributed by atoms with Crippen LogP contribution in [0.15, 0.2) is 30.3 Å². The van der Waals surface area contributed by atoms with Gasteiger partial charge in [-0.15, -0.1) is 0 Å². The van der Waals surface area contributed by atoms with Crippen LogP contribution in [0.25, 0.3) is 0 Å². The Hall–Kier alpha value is -2.45. The molecule has 8 nitrogen and oxygen atoms in total. The Labute approximate surface area is 204 Å². The number of carbonyl (C=O) groups excluding carboxylic acids is 3. The Morgan fingerprint density at radius 1 is 1.00 bits per heavy atom. The Bertz CT molecular complexity index is 761. The van der Waals surface area contributed by atoms with Crippen molar-refractivity contribution < 1.29 is 24.0 Å². The van der Waals surface area contributed by atoms with Crippen molar-refractivity contribution in [2.24, 2.45) is 17.3 Å². The monoisotopic (exact) mass is 477 g/mol. The number of rotatable bonds is 14. The van der Waals surface area contributed by atoms with Crippen molar-refractivity contribution in [2.45, 2.75) is 79.6 Å². The molecule has 0 spiro atoms. The van der Waals surface area contributed by atoms with E-state index in [1.165, 1.54) is 7.11 Å². The minimum absolute atomic E-state index is 0.123. The number of carbonyl (C=O) groups is 3. The fourth-order valence-corrected chi connectivity index (χ4v) is 3.57. The van der Waals surface area contributed by atoms with Crippen molar-refractivity contribution in [1.29, 1.82) is 0 Å². The van der Waals surface area contributed by atoms with Crippen LogP contribution in [0.1, 0.15) is 66.4 Å². The van der Waals surface area contributed by atoms with Crippen LogP contribution in [-0.2, 0) is 30.6 Å². The van der Waals surface area contributed by atoms with Gasteiger partial charge < -0.3 is 15.4 Å². The highest BCUT2D eigenvalue weighted by atomic mass is 16.7. The molecule has 1 aromatic carbocycles. The molecule has 0 radical (unpaired) electrons. The molecule has 1 aromatic rings. The van der Waals surface area contributed by atoms with E-state index in [0.29, 0.717) is 13.0 Å². The summed E-state index contributed by atoms with van der Waals surface area (Å²) in [6.45, 7) is 12.4. The SMILES string of the molecule is CCCCNC(=O)C(NC(=O)[C@H](CC(C)C)[C@H](OC)C(=O)NOCc1ccccc1)C(C)(C)C. The molecule has 34 heavy (non-hydrogen) atoms. The van der Waals surface area contributed by atoms with Crippen LogP contribution < -0.4 is 16.1 Å². The summed E-state index contributed by atoms with van der Waals surface area (Å²) in [5.74, 6) is -1.85. The molecule has 0 bridgehead atoms. The number of ether oxygens (including phenoxy) is 1. The second-order valence-corrected chi connectivity index (χ2v) is 10.1. The average Bonchev–Trinajstić information content (AvgIpc) is 2.77. The van der Waals surface area contributed by atoms with Gasteiger partial charge in [0.15, 0.2) is 0 Å². The molecule has 0 heterocycles. The van der Waals surface area contributed by atoms with Gasteiger partial charge in [-0.2, -0.15) is 0 Å². The predicted octanol–water partition coefficient (Wildman–Crippen LogP) is 3.36. The highest BCUT2D eigenvalue weighted by Crippen LogP contribution is 2.23. The number of hydrogen-bond donors (Lipinski definition) is 3. The fraction of sp³-hybridized carbons (Fsp3) is 0.654. The van der Waals surface area contributed by atoms with Gasteiger partial charge in [0.05, 0.1) is 12.5 Å². The molecule has 3 N–H and O–H groups in total. The first-order valence-corrected chi connectivity index (χ1v) is 12.1. The van der Waals surface area contributed by atoms with Crippen molar-refractivity contribution in [3.05, 3.63) is 35.9 Å². The summed E-state index contributed by atoms with van der Waals surface area (Å²) in [5, 5.41) is 5.79. The summed E-state index contributed by atoms with van der Waals surface area (Å²) in [5.41, 5.74) is 2.79. The average molecular weight is 478 g/mol. The van der Waals surface area contributed by atoms with E-state index in [-0.39, 0.29) is 18.4 Å². The first-order chi connectivity index (χ1) is 16.0. The molecule has 0 saturated carbocycles. The Morgan fingerprint density at radius 3 is 2.18 bits per heavy atom. The van der Waals surface area contributed by atoms with Crippen molar-refractivity contribution in [3.63, 3.8) is 0 Å². The lowest BCUT2D eigenvalue weighted by molar-refractivity contribution is -0.153. The zero-order chi connectivity index (χ0) is 25.7. The maximum atomic E-state index is 13.4. The first-order valence-electron chi connectivity index (χ1n) is 12.1. The van der Waals surface area contributed by atoms with Gasteiger partial charge in [0.1, 0.15) is 12.1 Å². The minimum atomic E-state index is -1.07. The van der Waals surface area contributed by atoms with Gasteiger partial charge >= 0.3 is 0 Å². The van der Waals surface area contributed by atoms with E-state index in [0.717, 1.165) is 18.4 Å². The van der Waals surface area contributed by atoms with Gasteiger partial charge in [-0.1, -0.05) is 78.3 Å². The summed E-state index contributed by atoms with van der Waals surface area (Å²) >= 11 is 0. The molecule has 0 fully saturated rings. The molecule has 0 aliphatic carbocycles. The van der Waals surface area contributed by atoms with Gasteiger partial charge in [-0.3, -0.25) is 19.2 Å². The van der Waals surface area contributed by atoms with Gasteiger partial charge in [-0.05, 0) is 29.7 Å². The molecular weight excluding hydrogens is 434 g/mol. The number of unbranched alkanes of at least 4 members (excludes halogenated alkanes) is 1. The molecule has 3 amide bonds. The van der Waals surface area contributed by atoms with E-state index < -0.39 is 35.3 Å². The lowest BCUT2D eigenvalue weighted by atomic mass is 9.84. The van der Waals surface area contributed by atoms with Crippen LogP contribution in [0.5, 0.6) is 0 Å². The van der Waals surface area contributed by atoms with E-state index in [1.807, 2.05) is 71.9 Å². The van der Waals surface area contributed by atoms with E-state index >= 15 is 0 Å². The first kappa shape index (κ1) is 29.6. The molecule has 1 rings (SSSR count). The summed E-state index contributed by atoms with van der Waals surface area (Å²) in [6.07, 6.45) is 1.16. The third kappa shape index (κ3) is 10.2. The molecule has 0 aromatic heterocycles. The maximum absolute atomic E-state index is 13.4. The summed E-state index contributed by atoms with van der Waals surface area (Å²) in [4.78, 5) is 44.4. The zero-order valence-electron chi connectivity index (χ0n) is 21.8. The van der Waals surface area contributed by atoms with Crippen LogP contribution in [0, 0.1) is 17.3 Å². The molecule has 0 aliphatic rings. The maximum Gasteiger partial charge on any atom is 0.273 e. The molecule has 3 atom stereocenters. The molecule has 0 aliphatic heterocycles. The van der Waals surface area contributed by atoms with Crippen molar-refractivity contribution in [3.8, 4) is 0 Å². The summed E-state index contributed by atoms with van der Waals surface area (Å²) < 4.78 is 5.45. The summed E-state index contributed by atoms with van der Waals surface area (Å²) in [7, 11) is 1.39. The smallest absolute Gasteiger partial charge is 0.273 e. The molecule has 8 heteroatoms. The molecule has 192 valence electrons. The predicted molar refractivity (Wildman–Crippen MR) is 132 cm³/mol. The Kier molecular flexibility index (Phi) is 12.8. The third-order valence-electron chi connectivity index (χ3n) is 5.44. The number of amides is 3. The molecule has 1 unspecified atom stereocenters. The van der Waals surface area contributed by atoms with E-state index in [2.05, 4.69) is 16.1 Å². The number of benzene rings is 1. The van der Waals surface area contributed by atoms with Crippen molar-refractivity contribution in [1.82, 2.24) is 16.1 Å². The van der Waals surface area contributed by atoms with Crippen LogP contribution in [0.2, 0.25) is 0 Å². The van der Waals surface area contributed by atoms with Crippen molar-refractivity contribution >= 4 is 17.7 Å². The van der Waals surface area contributed by atoms with E-state index in [9.17, 15) is 14.4 Å². The number of nitrogens with one attached hydrogen (secondary N) is 3. The van der Waals surface area contributed by atoms with Gasteiger partial charge in [-0.25, -0.2) is 5.48 Å². The molecular formula is C26H43N3O5. The van der Waals surface area contributed by atoms with Gasteiger partial charge in [0.2, 0.25) is 11.8 Å². The van der Waals surface area contributed by atoms with E-state index in [1.54, 1.807) is 0 Å². The van der Waals surface area contributed by atoms with Crippen molar-refractivity contribution in [2.75, 3.05) is 13.7 Å². The van der Waals surface area contributed by atoms with Crippen LogP contribution >= 0.6 is 0 Å². The highest BCUT2D eigenvalue weighted by molar-refractivity contribution is 5.92. The second-order valence-electron chi connectivity index (χ2n) is 10.1. The summed E-state index contributed by atoms with van der Waals surface area (Å²) in [6, 6.07) is 8.67.